The number of hydrogen-bond donors (Lipinski definition) is 1. The standard InChI is InChI=1S/C15H23NO4/c1-5-18-12-8-7-9-13(10-12)20-11-15(3,16-4)14(17)19-6-2/h7-10,16H,5-6,11H2,1-4H3. The molecule has 0 fully saturated rings. The van der Waals surface area contributed by atoms with Crippen LogP contribution in [0.25, 0.3) is 0 Å². The lowest BCUT2D eigenvalue weighted by Gasteiger charge is -2.26. The molecule has 0 aliphatic heterocycles. The van der Waals surface area contributed by atoms with Crippen LogP contribution in [0.4, 0.5) is 0 Å². The molecule has 0 amide bonds. The van der Waals surface area contributed by atoms with Crippen LogP contribution in [-0.4, -0.2) is 38.4 Å². The van der Waals surface area contributed by atoms with E-state index in [0.29, 0.717) is 19.0 Å². The van der Waals surface area contributed by atoms with Gasteiger partial charge in [0.05, 0.1) is 13.2 Å². The van der Waals surface area contributed by atoms with Crippen LogP contribution in [-0.2, 0) is 9.53 Å². The van der Waals surface area contributed by atoms with Crippen LogP contribution in [0.1, 0.15) is 20.8 Å². The third kappa shape index (κ3) is 4.42. The Morgan fingerprint density at radius 3 is 2.40 bits per heavy atom. The van der Waals surface area contributed by atoms with Crippen LogP contribution in [0.2, 0.25) is 0 Å². The Bertz CT molecular complexity index is 436. The van der Waals surface area contributed by atoms with Crippen LogP contribution in [0.15, 0.2) is 24.3 Å². The van der Waals surface area contributed by atoms with E-state index >= 15 is 0 Å². The molecular formula is C15H23NO4. The largest absolute Gasteiger partial charge is 0.494 e. The highest BCUT2D eigenvalue weighted by Crippen LogP contribution is 2.20. The molecule has 5 nitrogen and oxygen atoms in total. The van der Waals surface area contributed by atoms with E-state index in [2.05, 4.69) is 5.32 Å². The Morgan fingerprint density at radius 1 is 1.20 bits per heavy atom. The second-order valence-corrected chi connectivity index (χ2v) is 4.50. The van der Waals surface area contributed by atoms with Gasteiger partial charge in [-0.15, -0.1) is 0 Å². The van der Waals surface area contributed by atoms with Gasteiger partial charge in [-0.05, 0) is 40.0 Å². The first kappa shape index (κ1) is 16.3. The minimum atomic E-state index is -0.877. The molecule has 1 aromatic rings. The van der Waals surface area contributed by atoms with E-state index in [9.17, 15) is 4.79 Å². The summed E-state index contributed by atoms with van der Waals surface area (Å²) < 4.78 is 16.1. The topological polar surface area (TPSA) is 56.8 Å². The van der Waals surface area contributed by atoms with Crippen LogP contribution in [0.5, 0.6) is 11.5 Å². The number of nitrogens with one attached hydrogen (secondary N) is 1. The van der Waals surface area contributed by atoms with Crippen LogP contribution in [0, 0.1) is 0 Å². The van der Waals surface area contributed by atoms with Crippen molar-refractivity contribution in [1.82, 2.24) is 5.32 Å². The van der Waals surface area contributed by atoms with E-state index in [1.54, 1.807) is 27.0 Å². The molecule has 112 valence electrons. The fraction of sp³-hybridized carbons (Fsp3) is 0.533. The monoisotopic (exact) mass is 281 g/mol. The molecule has 1 atom stereocenters. The number of hydrogen-bond acceptors (Lipinski definition) is 5. The Hall–Kier alpha value is -1.75. The summed E-state index contributed by atoms with van der Waals surface area (Å²) >= 11 is 0. The average Bonchev–Trinajstić information content (AvgIpc) is 2.46. The summed E-state index contributed by atoms with van der Waals surface area (Å²) in [6.45, 7) is 6.57. The van der Waals surface area contributed by atoms with Gasteiger partial charge < -0.3 is 19.5 Å². The first-order valence-corrected chi connectivity index (χ1v) is 6.77. The molecule has 0 aromatic heterocycles. The van der Waals surface area contributed by atoms with Gasteiger partial charge in [0.2, 0.25) is 0 Å². The van der Waals surface area contributed by atoms with Gasteiger partial charge in [-0.25, -0.2) is 4.79 Å². The summed E-state index contributed by atoms with van der Waals surface area (Å²) in [4.78, 5) is 11.9. The van der Waals surface area contributed by atoms with Crippen molar-refractivity contribution >= 4 is 5.97 Å². The van der Waals surface area contributed by atoms with Gasteiger partial charge in [-0.3, -0.25) is 0 Å². The maximum atomic E-state index is 11.9. The lowest BCUT2D eigenvalue weighted by atomic mass is 10.1. The number of benzene rings is 1. The smallest absolute Gasteiger partial charge is 0.329 e. The molecule has 1 N–H and O–H groups in total. The normalized spacial score (nSPS) is 13.4. The molecule has 1 aromatic carbocycles. The van der Waals surface area contributed by atoms with Gasteiger partial charge in [-0.2, -0.15) is 0 Å². The second-order valence-electron chi connectivity index (χ2n) is 4.50. The van der Waals surface area contributed by atoms with Gasteiger partial charge in [-0.1, -0.05) is 6.07 Å². The number of likely N-dealkylation sites (N-methyl/N-ethyl adjacent to an activating group) is 1. The van der Waals surface area contributed by atoms with Gasteiger partial charge in [0.15, 0.2) is 0 Å². The fourth-order valence-electron chi connectivity index (χ4n) is 1.57. The van der Waals surface area contributed by atoms with E-state index in [1.807, 2.05) is 25.1 Å². The van der Waals surface area contributed by atoms with Crippen molar-refractivity contribution in [3.05, 3.63) is 24.3 Å². The van der Waals surface area contributed by atoms with Crippen molar-refractivity contribution in [3.63, 3.8) is 0 Å². The SMILES string of the molecule is CCOC(=O)C(C)(COc1cccc(OCC)c1)NC. The minimum Gasteiger partial charge on any atom is -0.494 e. The van der Waals surface area contributed by atoms with E-state index in [4.69, 9.17) is 14.2 Å². The summed E-state index contributed by atoms with van der Waals surface area (Å²) in [5, 5.41) is 2.94. The van der Waals surface area contributed by atoms with E-state index in [1.165, 1.54) is 0 Å². The van der Waals surface area contributed by atoms with Gasteiger partial charge in [0.1, 0.15) is 23.6 Å². The van der Waals surface area contributed by atoms with Crippen LogP contribution >= 0.6 is 0 Å². The van der Waals surface area contributed by atoms with Crippen molar-refractivity contribution in [1.29, 1.82) is 0 Å². The molecule has 20 heavy (non-hydrogen) atoms. The molecule has 0 heterocycles. The molecular weight excluding hydrogens is 258 g/mol. The highest BCUT2D eigenvalue weighted by atomic mass is 16.5. The third-order valence-electron chi connectivity index (χ3n) is 2.92. The Morgan fingerprint density at radius 2 is 1.85 bits per heavy atom. The van der Waals surface area contributed by atoms with Crippen molar-refractivity contribution in [2.75, 3.05) is 26.9 Å². The highest BCUT2D eigenvalue weighted by molar-refractivity contribution is 5.80. The zero-order valence-electron chi connectivity index (χ0n) is 12.6. The summed E-state index contributed by atoms with van der Waals surface area (Å²) in [5.41, 5.74) is -0.877. The Kier molecular flexibility index (Phi) is 6.31. The molecule has 0 saturated heterocycles. The molecule has 1 rings (SSSR count). The maximum Gasteiger partial charge on any atom is 0.329 e. The Labute approximate surface area is 120 Å². The molecule has 5 heteroatoms. The molecule has 0 radical (unpaired) electrons. The van der Waals surface area contributed by atoms with E-state index < -0.39 is 5.54 Å². The van der Waals surface area contributed by atoms with Crippen molar-refractivity contribution in [2.24, 2.45) is 0 Å². The predicted molar refractivity (Wildman–Crippen MR) is 77.2 cm³/mol. The zero-order chi connectivity index (χ0) is 15.0. The lowest BCUT2D eigenvalue weighted by molar-refractivity contribution is -0.151. The number of ether oxygens (including phenoxy) is 3. The quantitative estimate of drug-likeness (QED) is 0.739. The molecule has 0 aliphatic carbocycles. The van der Waals surface area contributed by atoms with Crippen molar-refractivity contribution in [3.8, 4) is 11.5 Å². The highest BCUT2D eigenvalue weighted by Gasteiger charge is 2.34. The summed E-state index contributed by atoms with van der Waals surface area (Å²) in [7, 11) is 1.71. The molecule has 0 spiro atoms. The molecule has 1 unspecified atom stereocenters. The van der Waals surface area contributed by atoms with Crippen molar-refractivity contribution < 1.29 is 19.0 Å². The first-order valence-electron chi connectivity index (χ1n) is 6.77. The van der Waals surface area contributed by atoms with E-state index in [0.717, 1.165) is 5.75 Å². The summed E-state index contributed by atoms with van der Waals surface area (Å²) in [5.74, 6) is 1.07. The van der Waals surface area contributed by atoms with E-state index in [-0.39, 0.29) is 12.6 Å². The third-order valence-corrected chi connectivity index (χ3v) is 2.92. The number of carbonyl (C=O) groups is 1. The minimum absolute atomic E-state index is 0.178. The van der Waals surface area contributed by atoms with Crippen LogP contribution < -0.4 is 14.8 Å². The molecule has 0 aliphatic rings. The predicted octanol–water partition coefficient (Wildman–Crippen LogP) is 2.01. The first-order chi connectivity index (χ1) is 9.55. The average molecular weight is 281 g/mol. The number of esters is 1. The van der Waals surface area contributed by atoms with Gasteiger partial charge in [0.25, 0.3) is 0 Å². The van der Waals surface area contributed by atoms with Gasteiger partial charge >= 0.3 is 5.97 Å². The number of carbonyl (C=O) groups excluding carboxylic acids is 1. The van der Waals surface area contributed by atoms with Gasteiger partial charge in [0, 0.05) is 6.07 Å². The molecule has 0 bridgehead atoms. The lowest BCUT2D eigenvalue weighted by Crippen LogP contribution is -2.53. The second kappa shape index (κ2) is 7.75. The zero-order valence-corrected chi connectivity index (χ0v) is 12.6. The number of rotatable bonds is 8. The van der Waals surface area contributed by atoms with Crippen LogP contribution in [0.3, 0.4) is 0 Å². The maximum absolute atomic E-state index is 11.9. The summed E-state index contributed by atoms with van der Waals surface area (Å²) in [6.07, 6.45) is 0. The summed E-state index contributed by atoms with van der Waals surface area (Å²) in [6, 6.07) is 7.33. The Balaban J connectivity index is 2.68. The fourth-order valence-corrected chi connectivity index (χ4v) is 1.57. The van der Waals surface area contributed by atoms with Crippen molar-refractivity contribution in [2.45, 2.75) is 26.3 Å². The molecule has 0 saturated carbocycles.